The first-order valence-corrected chi connectivity index (χ1v) is 4.45. The molecule has 0 radical (unpaired) electrons. The predicted octanol–water partition coefficient (Wildman–Crippen LogP) is 2.10. The van der Waals surface area contributed by atoms with Gasteiger partial charge in [0.25, 0.3) is 5.95 Å². The number of ether oxygens (including phenoxy) is 1. The number of hydrogen-bond acceptors (Lipinski definition) is 4. The monoisotopic (exact) mass is 231 g/mol. The van der Waals surface area contributed by atoms with Crippen LogP contribution in [0.4, 0.5) is 19.4 Å². The second kappa shape index (κ2) is 4.38. The molecule has 1 aromatic heterocycles. The minimum atomic E-state index is -1.33. The van der Waals surface area contributed by atoms with Gasteiger partial charge in [-0.1, -0.05) is 0 Å². The van der Waals surface area contributed by atoms with Gasteiger partial charge in [0, 0.05) is 0 Å². The van der Waals surface area contributed by atoms with Gasteiger partial charge in [-0.3, -0.25) is 5.32 Å². The fourth-order valence-corrected chi connectivity index (χ4v) is 0.836. The van der Waals surface area contributed by atoms with Gasteiger partial charge >= 0.3 is 6.09 Å². The Bertz CT molecular complexity index is 404. The Labute approximate surface area is 90.9 Å². The van der Waals surface area contributed by atoms with E-state index in [0.29, 0.717) is 0 Å². The van der Waals surface area contributed by atoms with Crippen molar-refractivity contribution in [3.63, 3.8) is 0 Å². The van der Waals surface area contributed by atoms with E-state index in [9.17, 15) is 13.6 Å². The first-order valence-electron chi connectivity index (χ1n) is 4.45. The van der Waals surface area contributed by atoms with Gasteiger partial charge < -0.3 is 4.74 Å². The average Bonchev–Trinajstić information content (AvgIpc) is 2.09. The maximum absolute atomic E-state index is 13.0. The second-order valence-corrected chi connectivity index (χ2v) is 3.95. The Morgan fingerprint density at radius 1 is 1.38 bits per heavy atom. The van der Waals surface area contributed by atoms with Crippen molar-refractivity contribution in [1.82, 2.24) is 9.97 Å². The van der Waals surface area contributed by atoms with E-state index in [2.05, 4.69) is 9.97 Å². The lowest BCUT2D eigenvalue weighted by molar-refractivity contribution is 0.0634. The Morgan fingerprint density at radius 2 is 2.00 bits per heavy atom. The molecule has 0 fully saturated rings. The SMILES string of the molecule is CC(C)(C)OC(=O)Nc1ncnc(F)c1F. The number of halogens is 2. The smallest absolute Gasteiger partial charge is 0.413 e. The molecule has 0 saturated carbocycles. The molecule has 0 aromatic carbocycles. The first kappa shape index (κ1) is 12.3. The van der Waals surface area contributed by atoms with Gasteiger partial charge in [0.05, 0.1) is 0 Å². The topological polar surface area (TPSA) is 64.1 Å². The van der Waals surface area contributed by atoms with Crippen molar-refractivity contribution in [3.8, 4) is 0 Å². The number of nitrogens with one attached hydrogen (secondary N) is 1. The Hall–Kier alpha value is -1.79. The number of carbonyl (C=O) groups excluding carboxylic acids is 1. The number of aromatic nitrogens is 2. The number of rotatable bonds is 1. The number of carbonyl (C=O) groups is 1. The summed E-state index contributed by atoms with van der Waals surface area (Å²) in [6, 6.07) is 0. The van der Waals surface area contributed by atoms with E-state index in [1.165, 1.54) is 0 Å². The molecule has 0 atom stereocenters. The fraction of sp³-hybridized carbons (Fsp3) is 0.444. The van der Waals surface area contributed by atoms with Crippen molar-refractivity contribution in [2.24, 2.45) is 0 Å². The van der Waals surface area contributed by atoms with E-state index in [-0.39, 0.29) is 0 Å². The summed E-state index contributed by atoms with van der Waals surface area (Å²) in [6.07, 6.45) is -0.116. The molecular weight excluding hydrogens is 220 g/mol. The van der Waals surface area contributed by atoms with Crippen molar-refractivity contribution in [1.29, 1.82) is 0 Å². The summed E-state index contributed by atoms with van der Waals surface area (Å²) in [4.78, 5) is 17.6. The van der Waals surface area contributed by atoms with Gasteiger partial charge in [-0.15, -0.1) is 0 Å². The van der Waals surface area contributed by atoms with Gasteiger partial charge in [0.1, 0.15) is 11.9 Å². The lowest BCUT2D eigenvalue weighted by Crippen LogP contribution is -2.28. The van der Waals surface area contributed by atoms with E-state index < -0.39 is 29.3 Å². The van der Waals surface area contributed by atoms with Crippen LogP contribution in [-0.2, 0) is 4.74 Å². The lowest BCUT2D eigenvalue weighted by atomic mass is 10.2. The van der Waals surface area contributed by atoms with Gasteiger partial charge in [-0.05, 0) is 20.8 Å². The molecule has 16 heavy (non-hydrogen) atoms. The molecule has 0 unspecified atom stereocenters. The minimum Gasteiger partial charge on any atom is -0.444 e. The molecule has 1 aromatic rings. The Kier molecular flexibility index (Phi) is 3.36. The van der Waals surface area contributed by atoms with Crippen LogP contribution in [0.5, 0.6) is 0 Å². The van der Waals surface area contributed by atoms with Crippen molar-refractivity contribution < 1.29 is 18.3 Å². The number of amides is 1. The van der Waals surface area contributed by atoms with Crippen LogP contribution in [0.25, 0.3) is 0 Å². The van der Waals surface area contributed by atoms with Crippen LogP contribution in [0.15, 0.2) is 6.33 Å². The third kappa shape index (κ3) is 3.41. The van der Waals surface area contributed by atoms with Crippen molar-refractivity contribution in [2.75, 3.05) is 5.32 Å². The summed E-state index contributed by atoms with van der Waals surface area (Å²) < 4.78 is 30.5. The van der Waals surface area contributed by atoms with Crippen LogP contribution in [0.2, 0.25) is 0 Å². The summed E-state index contributed by atoms with van der Waals surface area (Å²) in [5.74, 6) is -3.21. The average molecular weight is 231 g/mol. The van der Waals surface area contributed by atoms with E-state index in [1.54, 1.807) is 20.8 Å². The normalized spacial score (nSPS) is 11.1. The van der Waals surface area contributed by atoms with Crippen LogP contribution >= 0.6 is 0 Å². The minimum absolute atomic E-state index is 0.554. The molecule has 0 spiro atoms. The van der Waals surface area contributed by atoms with E-state index >= 15 is 0 Å². The highest BCUT2D eigenvalue weighted by atomic mass is 19.2. The molecule has 1 N–H and O–H groups in total. The molecule has 0 aliphatic carbocycles. The highest BCUT2D eigenvalue weighted by Crippen LogP contribution is 2.13. The van der Waals surface area contributed by atoms with E-state index in [4.69, 9.17) is 4.74 Å². The summed E-state index contributed by atoms with van der Waals surface area (Å²) in [5, 5.41) is 1.98. The molecule has 0 aliphatic rings. The zero-order valence-electron chi connectivity index (χ0n) is 9.04. The summed E-state index contributed by atoms with van der Waals surface area (Å²) >= 11 is 0. The number of anilines is 1. The highest BCUT2D eigenvalue weighted by molar-refractivity contribution is 5.83. The first-order chi connectivity index (χ1) is 7.29. The molecular formula is C9H11F2N3O2. The van der Waals surface area contributed by atoms with E-state index in [1.807, 2.05) is 5.32 Å². The number of nitrogens with zero attached hydrogens (tertiary/aromatic N) is 2. The van der Waals surface area contributed by atoms with Crippen LogP contribution in [0, 0.1) is 11.8 Å². The zero-order valence-corrected chi connectivity index (χ0v) is 9.04. The quantitative estimate of drug-likeness (QED) is 0.752. The Morgan fingerprint density at radius 3 is 2.56 bits per heavy atom. The molecule has 0 saturated heterocycles. The molecule has 0 aliphatic heterocycles. The predicted molar refractivity (Wildman–Crippen MR) is 51.8 cm³/mol. The maximum Gasteiger partial charge on any atom is 0.413 e. The van der Waals surface area contributed by atoms with Crippen LogP contribution < -0.4 is 5.32 Å². The van der Waals surface area contributed by atoms with Gasteiger partial charge in [-0.25, -0.2) is 14.8 Å². The highest BCUT2D eigenvalue weighted by Gasteiger charge is 2.19. The molecule has 1 amide bonds. The third-order valence-corrected chi connectivity index (χ3v) is 1.37. The lowest BCUT2D eigenvalue weighted by Gasteiger charge is -2.19. The number of hydrogen-bond donors (Lipinski definition) is 1. The molecule has 88 valence electrons. The van der Waals surface area contributed by atoms with Crippen molar-refractivity contribution >= 4 is 11.9 Å². The van der Waals surface area contributed by atoms with Gasteiger partial charge in [0.2, 0.25) is 5.82 Å². The molecule has 1 rings (SSSR count). The summed E-state index contributed by atoms with van der Waals surface area (Å²) in [5.41, 5.74) is -0.730. The van der Waals surface area contributed by atoms with Crippen LogP contribution in [-0.4, -0.2) is 21.7 Å². The summed E-state index contributed by atoms with van der Waals surface area (Å²) in [6.45, 7) is 4.93. The maximum atomic E-state index is 13.0. The molecule has 0 bridgehead atoms. The van der Waals surface area contributed by atoms with E-state index in [0.717, 1.165) is 6.33 Å². The zero-order chi connectivity index (χ0) is 12.3. The molecule has 7 heteroatoms. The van der Waals surface area contributed by atoms with Gasteiger partial charge in [-0.2, -0.15) is 8.78 Å². The largest absolute Gasteiger partial charge is 0.444 e. The fourth-order valence-electron chi connectivity index (χ4n) is 0.836. The Balaban J connectivity index is 2.74. The molecule has 5 nitrogen and oxygen atoms in total. The second-order valence-electron chi connectivity index (χ2n) is 3.95. The molecule has 1 heterocycles. The summed E-state index contributed by atoms with van der Waals surface area (Å²) in [7, 11) is 0. The van der Waals surface area contributed by atoms with Gasteiger partial charge in [0.15, 0.2) is 5.82 Å². The third-order valence-electron chi connectivity index (χ3n) is 1.37. The standard InChI is InChI=1S/C9H11F2N3O2/c1-9(2,3)16-8(15)14-7-5(10)6(11)12-4-13-7/h4H,1-3H3,(H,12,13,14,15). The van der Waals surface area contributed by atoms with Crippen LogP contribution in [0.3, 0.4) is 0 Å². The van der Waals surface area contributed by atoms with Crippen LogP contribution in [0.1, 0.15) is 20.8 Å². The van der Waals surface area contributed by atoms with Crippen molar-refractivity contribution in [2.45, 2.75) is 26.4 Å². The van der Waals surface area contributed by atoms with Crippen molar-refractivity contribution in [3.05, 3.63) is 18.1 Å².